The summed E-state index contributed by atoms with van der Waals surface area (Å²) in [7, 11) is -0.631. The minimum atomic E-state index is -3.69. The molecule has 0 radical (unpaired) electrons. The maximum Gasteiger partial charge on any atom is 0.234 e. The summed E-state index contributed by atoms with van der Waals surface area (Å²) in [6, 6.07) is 26.9. The summed E-state index contributed by atoms with van der Waals surface area (Å²) in [5.74, 6) is 0.895. The number of hydrogen-bond acceptors (Lipinski definition) is 4. The molecule has 0 aliphatic heterocycles. The van der Waals surface area contributed by atoms with Gasteiger partial charge in [0.1, 0.15) is 11.5 Å². The molecule has 0 aliphatic rings. The monoisotopic (exact) mass is 416 g/mol. The summed E-state index contributed by atoms with van der Waals surface area (Å²) in [5, 5.41) is 2.37. The van der Waals surface area contributed by atoms with Gasteiger partial charge in [0.2, 0.25) is 12.7 Å². The Morgan fingerprint density at radius 2 is 1.23 bits per heavy atom. The number of benzene rings is 4. The Labute approximate surface area is 175 Å². The molecule has 0 saturated heterocycles. The van der Waals surface area contributed by atoms with Crippen LogP contribution in [0.15, 0.2) is 91.0 Å². The van der Waals surface area contributed by atoms with Gasteiger partial charge in [-0.3, -0.25) is 4.79 Å². The highest BCUT2D eigenvalue weighted by atomic mass is 31.2. The first-order valence-corrected chi connectivity index (χ1v) is 11.2. The molecule has 0 N–H and O–H groups in total. The molecule has 5 heteroatoms. The summed E-state index contributed by atoms with van der Waals surface area (Å²) >= 11 is 0. The molecular weight excluding hydrogens is 395 g/mol. The van der Waals surface area contributed by atoms with Crippen molar-refractivity contribution in [2.75, 3.05) is 14.2 Å². The van der Waals surface area contributed by atoms with Gasteiger partial charge >= 0.3 is 0 Å². The first-order valence-electron chi connectivity index (χ1n) is 9.51. The fraction of sp³-hybridized carbons (Fsp3) is 0.0800. The lowest BCUT2D eigenvalue weighted by atomic mass is 10.0. The lowest BCUT2D eigenvalue weighted by molar-refractivity contribution is 0.107. The Balaban J connectivity index is 2.08. The molecule has 0 unspecified atom stereocenters. The van der Waals surface area contributed by atoms with E-state index in [1.807, 2.05) is 30.3 Å². The van der Waals surface area contributed by atoms with E-state index < -0.39 is 12.7 Å². The normalized spacial score (nSPS) is 11.3. The number of carbonyl (C=O) groups excluding carboxylic acids is 1. The minimum absolute atomic E-state index is 0.267. The molecule has 0 aromatic heterocycles. The maximum atomic E-state index is 14.6. The highest BCUT2D eigenvalue weighted by Gasteiger charge is 2.39. The number of ether oxygens (including phenoxy) is 2. The average molecular weight is 416 g/mol. The quantitative estimate of drug-likeness (QED) is 0.415. The van der Waals surface area contributed by atoms with Crippen molar-refractivity contribution < 1.29 is 18.8 Å². The Morgan fingerprint density at radius 3 is 1.77 bits per heavy atom. The third-order valence-corrected chi connectivity index (χ3v) is 7.99. The van der Waals surface area contributed by atoms with E-state index in [1.165, 1.54) is 7.11 Å². The molecule has 0 heterocycles. The number of fused-ring (bicyclic) bond motifs is 1. The van der Waals surface area contributed by atoms with Gasteiger partial charge in [-0.2, -0.15) is 0 Å². The van der Waals surface area contributed by atoms with E-state index in [9.17, 15) is 9.36 Å². The first-order chi connectivity index (χ1) is 14.6. The Bertz CT molecular complexity index is 1210. The Hall–Kier alpha value is -3.36. The largest absolute Gasteiger partial charge is 0.496 e. The van der Waals surface area contributed by atoms with E-state index >= 15 is 0 Å². The number of hydrogen-bond donors (Lipinski definition) is 0. The van der Waals surface area contributed by atoms with Gasteiger partial charge in [0, 0.05) is 16.0 Å². The number of rotatable bonds is 6. The predicted molar refractivity (Wildman–Crippen MR) is 121 cm³/mol. The van der Waals surface area contributed by atoms with Crippen LogP contribution in [-0.4, -0.2) is 19.7 Å². The molecular formula is C25H21O4P. The fourth-order valence-electron chi connectivity index (χ4n) is 3.70. The van der Waals surface area contributed by atoms with Crippen LogP contribution in [0.5, 0.6) is 11.5 Å². The molecule has 4 rings (SSSR count). The number of methoxy groups -OCH3 is 2. The zero-order valence-electron chi connectivity index (χ0n) is 16.7. The molecule has 30 heavy (non-hydrogen) atoms. The summed E-state index contributed by atoms with van der Waals surface area (Å²) in [6.07, 6.45) is 0. The second kappa shape index (κ2) is 8.17. The SMILES string of the molecule is COc1ccc2cccc(OC)c2c1C(=O)P(=O)(c1ccccc1)c1ccccc1. The topological polar surface area (TPSA) is 52.6 Å². The Kier molecular flexibility index (Phi) is 5.43. The second-order valence-electron chi connectivity index (χ2n) is 6.79. The molecule has 4 aromatic carbocycles. The van der Waals surface area contributed by atoms with Gasteiger partial charge in [-0.05, 0) is 17.5 Å². The van der Waals surface area contributed by atoms with E-state index in [0.717, 1.165) is 5.39 Å². The lowest BCUT2D eigenvalue weighted by Gasteiger charge is -2.21. The standard InChI is InChI=1S/C25H21O4P/c1-28-21-15-9-10-18-16-17-22(29-2)24(23(18)21)25(26)30(27,19-11-5-3-6-12-19)20-13-7-4-8-14-20/h3-17H,1-2H3. The minimum Gasteiger partial charge on any atom is -0.496 e. The van der Waals surface area contributed by atoms with Crippen molar-refractivity contribution in [3.05, 3.63) is 96.6 Å². The van der Waals surface area contributed by atoms with Crippen LogP contribution in [-0.2, 0) is 4.57 Å². The van der Waals surface area contributed by atoms with Crippen molar-refractivity contribution >= 4 is 34.0 Å². The van der Waals surface area contributed by atoms with Crippen LogP contribution in [0.3, 0.4) is 0 Å². The van der Waals surface area contributed by atoms with Gasteiger partial charge in [-0.15, -0.1) is 0 Å². The van der Waals surface area contributed by atoms with Crippen LogP contribution in [0.25, 0.3) is 10.8 Å². The van der Waals surface area contributed by atoms with E-state index in [1.54, 1.807) is 67.8 Å². The van der Waals surface area contributed by atoms with Gasteiger partial charge in [-0.1, -0.05) is 78.9 Å². The highest BCUT2D eigenvalue weighted by molar-refractivity contribution is 7.93. The second-order valence-corrected chi connectivity index (χ2v) is 9.44. The molecule has 0 atom stereocenters. The van der Waals surface area contributed by atoms with Crippen LogP contribution in [0.4, 0.5) is 0 Å². The predicted octanol–water partition coefficient (Wildman–Crippen LogP) is 5.01. The van der Waals surface area contributed by atoms with E-state index in [4.69, 9.17) is 9.47 Å². The Morgan fingerprint density at radius 1 is 0.667 bits per heavy atom. The van der Waals surface area contributed by atoms with Crippen molar-refractivity contribution in [1.29, 1.82) is 0 Å². The highest BCUT2D eigenvalue weighted by Crippen LogP contribution is 2.50. The fourth-order valence-corrected chi connectivity index (χ4v) is 6.18. The molecule has 0 bridgehead atoms. The van der Waals surface area contributed by atoms with Crippen molar-refractivity contribution in [3.8, 4) is 11.5 Å². The van der Waals surface area contributed by atoms with Gasteiger partial charge in [0.05, 0.1) is 19.8 Å². The summed E-state index contributed by atoms with van der Waals surface area (Å²) in [4.78, 5) is 14.1. The molecule has 150 valence electrons. The summed E-state index contributed by atoms with van der Waals surface area (Å²) < 4.78 is 25.7. The van der Waals surface area contributed by atoms with E-state index in [2.05, 4.69) is 0 Å². The van der Waals surface area contributed by atoms with Gasteiger partial charge in [0.15, 0.2) is 0 Å². The molecule has 0 amide bonds. The van der Waals surface area contributed by atoms with Gasteiger partial charge < -0.3 is 14.0 Å². The van der Waals surface area contributed by atoms with Crippen LogP contribution in [0.2, 0.25) is 0 Å². The van der Waals surface area contributed by atoms with Gasteiger partial charge in [-0.25, -0.2) is 0 Å². The zero-order valence-corrected chi connectivity index (χ0v) is 17.6. The molecule has 4 nitrogen and oxygen atoms in total. The van der Waals surface area contributed by atoms with E-state index in [0.29, 0.717) is 27.5 Å². The summed E-state index contributed by atoms with van der Waals surface area (Å²) in [6.45, 7) is 0. The average Bonchev–Trinajstić information content (AvgIpc) is 2.83. The molecule has 0 aliphatic carbocycles. The third-order valence-electron chi connectivity index (χ3n) is 5.15. The lowest BCUT2D eigenvalue weighted by Crippen LogP contribution is -2.23. The molecule has 0 fully saturated rings. The van der Waals surface area contributed by atoms with Crippen molar-refractivity contribution in [2.24, 2.45) is 0 Å². The van der Waals surface area contributed by atoms with Gasteiger partial charge in [0.25, 0.3) is 0 Å². The molecule has 0 saturated carbocycles. The maximum absolute atomic E-state index is 14.6. The first kappa shape index (κ1) is 19.9. The smallest absolute Gasteiger partial charge is 0.234 e. The van der Waals surface area contributed by atoms with Crippen LogP contribution < -0.4 is 20.1 Å². The van der Waals surface area contributed by atoms with Crippen molar-refractivity contribution in [2.45, 2.75) is 0 Å². The van der Waals surface area contributed by atoms with Crippen LogP contribution in [0, 0.1) is 0 Å². The molecule has 4 aromatic rings. The third kappa shape index (κ3) is 3.20. The van der Waals surface area contributed by atoms with E-state index in [-0.39, 0.29) is 5.56 Å². The van der Waals surface area contributed by atoms with Crippen molar-refractivity contribution in [1.82, 2.24) is 0 Å². The van der Waals surface area contributed by atoms with Crippen molar-refractivity contribution in [3.63, 3.8) is 0 Å². The van der Waals surface area contributed by atoms with Crippen LogP contribution in [0.1, 0.15) is 10.4 Å². The zero-order chi connectivity index (χ0) is 21.1. The van der Waals surface area contributed by atoms with Crippen LogP contribution >= 0.6 is 7.14 Å². The molecule has 0 spiro atoms. The number of carbonyl (C=O) groups is 1. The summed E-state index contributed by atoms with van der Waals surface area (Å²) in [5.41, 5.74) is -0.213.